The summed E-state index contributed by atoms with van der Waals surface area (Å²) < 4.78 is 26.4. The van der Waals surface area contributed by atoms with E-state index in [1.54, 1.807) is 32.0 Å². The zero-order valence-electron chi connectivity index (χ0n) is 17.6. The number of aryl methyl sites for hydroxylation is 2. The third-order valence-corrected chi connectivity index (χ3v) is 6.39. The smallest absolute Gasteiger partial charge is 0.244 e. The predicted molar refractivity (Wildman–Crippen MR) is 120 cm³/mol. The largest absolute Gasteiger partial charge is 0.348 e. The van der Waals surface area contributed by atoms with Gasteiger partial charge in [-0.3, -0.25) is 9.10 Å². The standard InChI is InChI=1S/C22H29ClN2O3S/c1-6-17-9-11-18(12-10-17)16(4)24-22(26)20(7-2)25(29(5,27)28)21-14-19(23)13-8-15(21)3/h8-14,16,20H,6-7H2,1-5H3,(H,24,26)/t16-,20-/m1/s1. The number of carbonyl (C=O) groups excluding carboxylic acids is 1. The molecule has 0 aromatic heterocycles. The van der Waals surface area contributed by atoms with Gasteiger partial charge in [-0.1, -0.05) is 55.8 Å². The first-order valence-corrected chi connectivity index (χ1v) is 12.0. The maximum atomic E-state index is 13.1. The molecule has 158 valence electrons. The molecule has 5 nitrogen and oxygen atoms in total. The van der Waals surface area contributed by atoms with Crippen molar-refractivity contribution in [2.45, 2.75) is 52.6 Å². The zero-order chi connectivity index (χ0) is 21.8. The van der Waals surface area contributed by atoms with Gasteiger partial charge in [0.05, 0.1) is 18.0 Å². The Hall–Kier alpha value is -2.05. The Labute approximate surface area is 179 Å². The molecule has 1 N–H and O–H groups in total. The second-order valence-corrected chi connectivity index (χ2v) is 9.53. The van der Waals surface area contributed by atoms with Gasteiger partial charge in [0.15, 0.2) is 0 Å². The number of nitrogens with zero attached hydrogens (tertiary/aromatic N) is 1. The van der Waals surface area contributed by atoms with Gasteiger partial charge >= 0.3 is 0 Å². The van der Waals surface area contributed by atoms with Crippen molar-refractivity contribution in [2.75, 3.05) is 10.6 Å². The Morgan fingerprint density at radius 2 is 1.76 bits per heavy atom. The molecule has 2 rings (SSSR count). The van der Waals surface area contributed by atoms with Crippen LogP contribution in [0.1, 0.15) is 49.9 Å². The summed E-state index contributed by atoms with van der Waals surface area (Å²) >= 11 is 6.11. The van der Waals surface area contributed by atoms with Crippen LogP contribution in [0.4, 0.5) is 5.69 Å². The van der Waals surface area contributed by atoms with Gasteiger partial charge in [-0.25, -0.2) is 8.42 Å². The Kier molecular flexibility index (Phi) is 7.72. The van der Waals surface area contributed by atoms with E-state index in [1.165, 1.54) is 9.87 Å². The third kappa shape index (κ3) is 5.73. The molecule has 0 aliphatic carbocycles. The second kappa shape index (κ2) is 9.63. The predicted octanol–water partition coefficient (Wildman–Crippen LogP) is 4.63. The monoisotopic (exact) mass is 436 g/mol. The van der Waals surface area contributed by atoms with E-state index in [-0.39, 0.29) is 11.9 Å². The van der Waals surface area contributed by atoms with E-state index in [0.717, 1.165) is 23.8 Å². The van der Waals surface area contributed by atoms with Crippen molar-refractivity contribution in [3.05, 3.63) is 64.2 Å². The topological polar surface area (TPSA) is 66.5 Å². The van der Waals surface area contributed by atoms with Gasteiger partial charge in [0.2, 0.25) is 15.9 Å². The van der Waals surface area contributed by atoms with Crippen LogP contribution in [0.3, 0.4) is 0 Å². The van der Waals surface area contributed by atoms with E-state index in [0.29, 0.717) is 17.1 Å². The molecule has 1 amide bonds. The van der Waals surface area contributed by atoms with Gasteiger partial charge in [-0.05, 0) is 55.5 Å². The van der Waals surface area contributed by atoms with E-state index in [4.69, 9.17) is 11.6 Å². The number of hydrogen-bond acceptors (Lipinski definition) is 3. The lowest BCUT2D eigenvalue weighted by atomic mass is 10.0. The summed E-state index contributed by atoms with van der Waals surface area (Å²) in [4.78, 5) is 13.1. The number of hydrogen-bond donors (Lipinski definition) is 1. The summed E-state index contributed by atoms with van der Waals surface area (Å²) in [5.74, 6) is -0.343. The average Bonchev–Trinajstić information content (AvgIpc) is 2.67. The molecule has 0 radical (unpaired) electrons. The molecule has 0 fully saturated rings. The van der Waals surface area contributed by atoms with E-state index in [1.807, 2.05) is 31.2 Å². The van der Waals surface area contributed by atoms with Crippen LogP contribution in [0.5, 0.6) is 0 Å². The minimum atomic E-state index is -3.71. The molecular weight excluding hydrogens is 408 g/mol. The van der Waals surface area contributed by atoms with Crippen LogP contribution in [-0.2, 0) is 21.2 Å². The molecule has 0 saturated carbocycles. The highest BCUT2D eigenvalue weighted by Gasteiger charge is 2.33. The van der Waals surface area contributed by atoms with E-state index < -0.39 is 16.1 Å². The zero-order valence-corrected chi connectivity index (χ0v) is 19.1. The van der Waals surface area contributed by atoms with Crippen LogP contribution in [0.25, 0.3) is 0 Å². The van der Waals surface area contributed by atoms with Crippen LogP contribution >= 0.6 is 11.6 Å². The third-order valence-electron chi connectivity index (χ3n) is 4.99. The number of carbonyl (C=O) groups is 1. The minimum absolute atomic E-state index is 0.246. The van der Waals surface area contributed by atoms with Gasteiger partial charge in [-0.2, -0.15) is 0 Å². The molecule has 2 atom stereocenters. The summed E-state index contributed by atoms with van der Waals surface area (Å²) in [7, 11) is -3.71. The molecule has 0 heterocycles. The Balaban J connectivity index is 2.34. The second-order valence-electron chi connectivity index (χ2n) is 7.24. The van der Waals surface area contributed by atoms with Gasteiger partial charge in [-0.15, -0.1) is 0 Å². The van der Waals surface area contributed by atoms with Crippen molar-refractivity contribution in [1.82, 2.24) is 5.32 Å². The fourth-order valence-corrected chi connectivity index (χ4v) is 4.72. The van der Waals surface area contributed by atoms with Crippen molar-refractivity contribution < 1.29 is 13.2 Å². The molecule has 2 aromatic rings. The Bertz CT molecular complexity index is 959. The van der Waals surface area contributed by atoms with E-state index in [2.05, 4.69) is 12.2 Å². The molecule has 7 heteroatoms. The number of sulfonamides is 1. The summed E-state index contributed by atoms with van der Waals surface area (Å²) in [6.07, 6.45) is 2.38. The Morgan fingerprint density at radius 1 is 1.14 bits per heavy atom. The van der Waals surface area contributed by atoms with Gasteiger partial charge < -0.3 is 5.32 Å². The highest BCUT2D eigenvalue weighted by molar-refractivity contribution is 7.92. The molecule has 0 spiro atoms. The SMILES string of the molecule is CCc1ccc([C@@H](C)NC(=O)[C@@H](CC)N(c2cc(Cl)ccc2C)S(C)(=O)=O)cc1. The van der Waals surface area contributed by atoms with Crippen molar-refractivity contribution >= 4 is 33.2 Å². The van der Waals surface area contributed by atoms with Crippen LogP contribution in [0, 0.1) is 6.92 Å². The van der Waals surface area contributed by atoms with Crippen LogP contribution in [-0.4, -0.2) is 26.6 Å². The lowest BCUT2D eigenvalue weighted by molar-refractivity contribution is -0.122. The fraction of sp³-hybridized carbons (Fsp3) is 0.409. The maximum absolute atomic E-state index is 13.1. The van der Waals surface area contributed by atoms with Crippen molar-refractivity contribution in [2.24, 2.45) is 0 Å². The van der Waals surface area contributed by atoms with Crippen molar-refractivity contribution in [3.63, 3.8) is 0 Å². The quantitative estimate of drug-likeness (QED) is 0.655. The summed E-state index contributed by atoms with van der Waals surface area (Å²) in [6, 6.07) is 12.0. The van der Waals surface area contributed by atoms with Gasteiger partial charge in [0, 0.05) is 5.02 Å². The molecule has 0 saturated heterocycles. The molecule has 0 unspecified atom stereocenters. The molecule has 29 heavy (non-hydrogen) atoms. The molecule has 0 aliphatic heterocycles. The lowest BCUT2D eigenvalue weighted by Gasteiger charge is -2.32. The lowest BCUT2D eigenvalue weighted by Crippen LogP contribution is -2.50. The van der Waals surface area contributed by atoms with Gasteiger partial charge in [0.1, 0.15) is 6.04 Å². The van der Waals surface area contributed by atoms with Crippen LogP contribution < -0.4 is 9.62 Å². The number of amides is 1. The Morgan fingerprint density at radius 3 is 2.28 bits per heavy atom. The first-order chi connectivity index (χ1) is 13.6. The van der Waals surface area contributed by atoms with Crippen LogP contribution in [0.2, 0.25) is 5.02 Å². The summed E-state index contributed by atoms with van der Waals surface area (Å²) in [5.41, 5.74) is 3.34. The molecule has 0 bridgehead atoms. The average molecular weight is 437 g/mol. The minimum Gasteiger partial charge on any atom is -0.348 e. The first-order valence-electron chi connectivity index (χ1n) is 9.73. The molecule has 2 aromatic carbocycles. The van der Waals surface area contributed by atoms with Crippen molar-refractivity contribution in [1.29, 1.82) is 0 Å². The molecule has 0 aliphatic rings. The van der Waals surface area contributed by atoms with E-state index >= 15 is 0 Å². The number of halogens is 1. The van der Waals surface area contributed by atoms with E-state index in [9.17, 15) is 13.2 Å². The summed E-state index contributed by atoms with van der Waals surface area (Å²) in [6.45, 7) is 7.57. The van der Waals surface area contributed by atoms with Crippen LogP contribution in [0.15, 0.2) is 42.5 Å². The van der Waals surface area contributed by atoms with Crippen molar-refractivity contribution in [3.8, 4) is 0 Å². The number of rotatable bonds is 8. The number of benzene rings is 2. The molecular formula is C22H29ClN2O3S. The number of nitrogens with one attached hydrogen (secondary N) is 1. The first kappa shape index (κ1) is 23.2. The normalized spacial score (nSPS) is 13.6. The fourth-order valence-electron chi connectivity index (χ4n) is 3.29. The maximum Gasteiger partial charge on any atom is 0.244 e. The van der Waals surface area contributed by atoms with Gasteiger partial charge in [0.25, 0.3) is 0 Å². The number of anilines is 1. The highest BCUT2D eigenvalue weighted by Crippen LogP contribution is 2.29. The summed E-state index contributed by atoms with van der Waals surface area (Å²) in [5, 5.41) is 3.38. The highest BCUT2D eigenvalue weighted by atomic mass is 35.5.